The van der Waals surface area contributed by atoms with Crippen LogP contribution in [0.3, 0.4) is 0 Å². The molecule has 3 heterocycles. The summed E-state index contributed by atoms with van der Waals surface area (Å²) >= 11 is 0. The van der Waals surface area contributed by atoms with E-state index in [0.29, 0.717) is 5.78 Å². The van der Waals surface area contributed by atoms with E-state index in [0.717, 1.165) is 57.1 Å². The van der Waals surface area contributed by atoms with Crippen LogP contribution in [0, 0.1) is 6.92 Å². The lowest BCUT2D eigenvalue weighted by Gasteiger charge is -2.39. The lowest BCUT2D eigenvalue weighted by atomic mass is 9.96. The number of rotatable bonds is 5. The third kappa shape index (κ3) is 3.30. The van der Waals surface area contributed by atoms with E-state index in [4.69, 9.17) is 0 Å². The molecule has 0 amide bonds. The summed E-state index contributed by atoms with van der Waals surface area (Å²) in [6.07, 6.45) is 3.14. The number of aromatic nitrogens is 4. The number of aryl methyl sites for hydroxylation is 1. The molecule has 2 aromatic rings. The van der Waals surface area contributed by atoms with Crippen LogP contribution in [0.25, 0.3) is 5.78 Å². The summed E-state index contributed by atoms with van der Waals surface area (Å²) in [5.74, 6) is 1.69. The number of nitrogens with zero attached hydrogens (tertiary/aromatic N) is 6. The molecule has 0 spiro atoms. The number of piperazine rings is 1. The minimum absolute atomic E-state index is 0.561. The average Bonchev–Trinajstić information content (AvgIpc) is 3.03. The second-order valence-corrected chi connectivity index (χ2v) is 6.42. The van der Waals surface area contributed by atoms with Gasteiger partial charge in [-0.2, -0.15) is 14.6 Å². The van der Waals surface area contributed by atoms with Crippen LogP contribution in [0.4, 0.5) is 5.82 Å². The van der Waals surface area contributed by atoms with Crippen LogP contribution in [0.1, 0.15) is 32.4 Å². The Labute approximate surface area is 136 Å². The first-order valence-electron chi connectivity index (χ1n) is 8.42. The van der Waals surface area contributed by atoms with E-state index in [1.165, 1.54) is 0 Å². The Balaban J connectivity index is 1.70. The van der Waals surface area contributed by atoms with Crippen LogP contribution in [-0.2, 0) is 0 Å². The highest BCUT2D eigenvalue weighted by atomic mass is 16.3. The van der Waals surface area contributed by atoms with Crippen molar-refractivity contribution in [2.75, 3.05) is 37.6 Å². The van der Waals surface area contributed by atoms with Crippen LogP contribution in [0.5, 0.6) is 0 Å². The Kier molecular flexibility index (Phi) is 4.50. The molecule has 2 aromatic heterocycles. The SMILES string of the molecule is CCC(O)(CC)CN1CCN(c2cc(C)nc3ncnn23)CC1. The van der Waals surface area contributed by atoms with Gasteiger partial charge in [0.15, 0.2) is 0 Å². The molecule has 0 saturated carbocycles. The van der Waals surface area contributed by atoms with Crippen molar-refractivity contribution in [3.63, 3.8) is 0 Å². The third-order valence-corrected chi connectivity index (χ3v) is 4.89. The first kappa shape index (κ1) is 16.1. The van der Waals surface area contributed by atoms with Crippen molar-refractivity contribution < 1.29 is 5.11 Å². The molecule has 1 saturated heterocycles. The molecule has 0 aromatic carbocycles. The quantitative estimate of drug-likeness (QED) is 0.890. The fraction of sp³-hybridized carbons (Fsp3) is 0.688. The molecule has 0 unspecified atom stereocenters. The predicted molar refractivity (Wildman–Crippen MR) is 89.7 cm³/mol. The molecule has 126 valence electrons. The smallest absolute Gasteiger partial charge is 0.254 e. The van der Waals surface area contributed by atoms with Crippen molar-refractivity contribution in [2.24, 2.45) is 0 Å². The fourth-order valence-electron chi connectivity index (χ4n) is 3.16. The molecule has 23 heavy (non-hydrogen) atoms. The van der Waals surface area contributed by atoms with Gasteiger partial charge in [0.05, 0.1) is 5.60 Å². The van der Waals surface area contributed by atoms with Crippen LogP contribution >= 0.6 is 0 Å². The minimum Gasteiger partial charge on any atom is -0.389 e. The summed E-state index contributed by atoms with van der Waals surface area (Å²) < 4.78 is 1.80. The Hall–Kier alpha value is -1.73. The minimum atomic E-state index is -0.561. The van der Waals surface area contributed by atoms with Crippen molar-refractivity contribution in [3.05, 3.63) is 18.1 Å². The zero-order valence-corrected chi connectivity index (χ0v) is 14.2. The highest BCUT2D eigenvalue weighted by Crippen LogP contribution is 2.21. The predicted octanol–water partition coefficient (Wildman–Crippen LogP) is 1.11. The Morgan fingerprint density at radius 2 is 1.87 bits per heavy atom. The zero-order chi connectivity index (χ0) is 16.4. The van der Waals surface area contributed by atoms with Gasteiger partial charge in [0.25, 0.3) is 5.78 Å². The summed E-state index contributed by atoms with van der Waals surface area (Å²) in [7, 11) is 0. The molecule has 1 aliphatic rings. The van der Waals surface area contributed by atoms with Gasteiger partial charge < -0.3 is 10.0 Å². The van der Waals surface area contributed by atoms with Crippen molar-refractivity contribution >= 4 is 11.6 Å². The van der Waals surface area contributed by atoms with Gasteiger partial charge in [0.2, 0.25) is 0 Å². The molecule has 0 radical (unpaired) electrons. The Morgan fingerprint density at radius 3 is 2.52 bits per heavy atom. The van der Waals surface area contributed by atoms with Gasteiger partial charge in [0, 0.05) is 44.5 Å². The summed E-state index contributed by atoms with van der Waals surface area (Å²) in [5, 5.41) is 14.8. The van der Waals surface area contributed by atoms with Gasteiger partial charge in [0.1, 0.15) is 12.1 Å². The molecule has 3 rings (SSSR count). The zero-order valence-electron chi connectivity index (χ0n) is 14.2. The van der Waals surface area contributed by atoms with Crippen LogP contribution in [0.15, 0.2) is 12.4 Å². The van der Waals surface area contributed by atoms with Crippen LogP contribution in [0.2, 0.25) is 0 Å². The van der Waals surface area contributed by atoms with Gasteiger partial charge in [-0.25, -0.2) is 4.98 Å². The number of aliphatic hydroxyl groups is 1. The molecule has 7 nitrogen and oxygen atoms in total. The van der Waals surface area contributed by atoms with E-state index in [2.05, 4.69) is 44.8 Å². The molecule has 1 aliphatic heterocycles. The number of fused-ring (bicyclic) bond motifs is 1. The highest BCUT2D eigenvalue weighted by molar-refractivity contribution is 5.47. The normalized spacial score (nSPS) is 17.1. The van der Waals surface area contributed by atoms with E-state index in [-0.39, 0.29) is 0 Å². The van der Waals surface area contributed by atoms with Crippen molar-refractivity contribution in [1.29, 1.82) is 0 Å². The molecule has 1 N–H and O–H groups in total. The maximum Gasteiger partial charge on any atom is 0.254 e. The number of anilines is 1. The van der Waals surface area contributed by atoms with E-state index in [1.54, 1.807) is 10.8 Å². The molecule has 0 aliphatic carbocycles. The standard InChI is InChI=1S/C16H26N6O/c1-4-16(23,5-2)11-20-6-8-21(9-7-20)14-10-13(3)19-15-17-12-18-22(14)15/h10,12,23H,4-9,11H2,1-3H3. The van der Waals surface area contributed by atoms with E-state index in [1.807, 2.05) is 6.92 Å². The summed E-state index contributed by atoms with van der Waals surface area (Å²) in [6, 6.07) is 2.06. The number of hydrogen-bond acceptors (Lipinski definition) is 6. The summed E-state index contributed by atoms with van der Waals surface area (Å²) in [6.45, 7) is 10.6. The van der Waals surface area contributed by atoms with Gasteiger partial charge in [-0.15, -0.1) is 0 Å². The second kappa shape index (κ2) is 6.41. The average molecular weight is 318 g/mol. The largest absolute Gasteiger partial charge is 0.389 e. The molecular weight excluding hydrogens is 292 g/mol. The Morgan fingerprint density at radius 1 is 1.17 bits per heavy atom. The van der Waals surface area contributed by atoms with Gasteiger partial charge in [-0.1, -0.05) is 13.8 Å². The molecule has 7 heteroatoms. The van der Waals surface area contributed by atoms with Crippen molar-refractivity contribution in [3.8, 4) is 0 Å². The fourth-order valence-corrected chi connectivity index (χ4v) is 3.16. The van der Waals surface area contributed by atoms with Gasteiger partial charge in [-0.3, -0.25) is 4.90 Å². The molecule has 0 atom stereocenters. The molecular formula is C16H26N6O. The summed E-state index contributed by atoms with van der Waals surface area (Å²) in [4.78, 5) is 13.3. The molecule has 0 bridgehead atoms. The van der Waals surface area contributed by atoms with Gasteiger partial charge in [-0.05, 0) is 19.8 Å². The lowest BCUT2D eigenvalue weighted by molar-refractivity contribution is -0.00459. The van der Waals surface area contributed by atoms with Crippen molar-refractivity contribution in [2.45, 2.75) is 39.2 Å². The Bertz CT molecular complexity index is 658. The highest BCUT2D eigenvalue weighted by Gasteiger charge is 2.28. The third-order valence-electron chi connectivity index (χ3n) is 4.89. The van der Waals surface area contributed by atoms with E-state index in [9.17, 15) is 5.11 Å². The van der Waals surface area contributed by atoms with E-state index >= 15 is 0 Å². The lowest BCUT2D eigenvalue weighted by Crippen LogP contribution is -2.52. The first-order chi connectivity index (χ1) is 11.0. The number of hydrogen-bond donors (Lipinski definition) is 1. The summed E-state index contributed by atoms with van der Waals surface area (Å²) in [5.41, 5.74) is 0.392. The van der Waals surface area contributed by atoms with Gasteiger partial charge >= 0.3 is 0 Å². The molecule has 1 fully saturated rings. The second-order valence-electron chi connectivity index (χ2n) is 6.42. The van der Waals surface area contributed by atoms with Crippen molar-refractivity contribution in [1.82, 2.24) is 24.5 Å². The first-order valence-corrected chi connectivity index (χ1v) is 8.42. The van der Waals surface area contributed by atoms with Crippen LogP contribution < -0.4 is 4.90 Å². The number of β-amino-alcohol motifs (C(OH)–C–C–N with tert-alkyl or cyclic N) is 1. The van der Waals surface area contributed by atoms with E-state index < -0.39 is 5.60 Å². The van der Waals surface area contributed by atoms with Crippen LogP contribution in [-0.4, -0.2) is 67.9 Å². The maximum absolute atomic E-state index is 10.5. The monoisotopic (exact) mass is 318 g/mol. The maximum atomic E-state index is 10.5. The topological polar surface area (TPSA) is 69.8 Å².